The van der Waals surface area contributed by atoms with Crippen LogP contribution in [0.5, 0.6) is 23.0 Å². The van der Waals surface area contributed by atoms with E-state index in [1.807, 2.05) is 22.6 Å². The number of benzene rings is 3. The Bertz CT molecular complexity index is 1600. The molecule has 0 unspecified atom stereocenters. The number of carbonyl (C=O) groups is 2. The van der Waals surface area contributed by atoms with Crippen molar-refractivity contribution in [3.05, 3.63) is 75.5 Å². The molecular formula is C26H18F2IN3O6. The van der Waals surface area contributed by atoms with Crippen molar-refractivity contribution in [2.45, 2.75) is 6.29 Å². The quantitative estimate of drug-likeness (QED) is 0.263. The van der Waals surface area contributed by atoms with Crippen LogP contribution in [-0.2, 0) is 0 Å². The molecule has 4 aromatic rings. The maximum absolute atomic E-state index is 13.5. The van der Waals surface area contributed by atoms with Gasteiger partial charge in [-0.05, 0) is 65.1 Å². The third-order valence-corrected chi connectivity index (χ3v) is 6.53. The van der Waals surface area contributed by atoms with Gasteiger partial charge in [0, 0.05) is 20.7 Å². The minimum atomic E-state index is -3.86. The third-order valence-electron chi connectivity index (χ3n) is 5.59. The molecule has 0 saturated carbocycles. The summed E-state index contributed by atoms with van der Waals surface area (Å²) in [5.41, 5.74) is 1.51. The molecule has 0 fully saturated rings. The van der Waals surface area contributed by atoms with Gasteiger partial charge < -0.3 is 29.6 Å². The summed E-state index contributed by atoms with van der Waals surface area (Å²) in [6.07, 6.45) is -2.35. The van der Waals surface area contributed by atoms with E-state index in [-0.39, 0.29) is 28.3 Å². The molecule has 3 aromatic carbocycles. The Hall–Kier alpha value is -4.20. The van der Waals surface area contributed by atoms with E-state index in [4.69, 9.17) is 9.47 Å². The van der Waals surface area contributed by atoms with Crippen LogP contribution in [0.3, 0.4) is 0 Å². The number of aromatic nitrogens is 1. The van der Waals surface area contributed by atoms with Crippen molar-refractivity contribution in [1.82, 2.24) is 4.98 Å². The van der Waals surface area contributed by atoms with Crippen molar-refractivity contribution in [1.29, 1.82) is 0 Å². The molecule has 2 amide bonds. The first kappa shape index (κ1) is 25.4. The molecule has 2 N–H and O–H groups in total. The van der Waals surface area contributed by atoms with Crippen molar-refractivity contribution in [2.75, 3.05) is 24.9 Å². The van der Waals surface area contributed by atoms with Crippen molar-refractivity contribution in [2.24, 2.45) is 0 Å². The predicted molar refractivity (Wildman–Crippen MR) is 143 cm³/mol. The topological polar surface area (TPSA) is 108 Å². The SMILES string of the molecule is COc1cc2cc(NC(=O)c3cc(NC(=O)c4cccc5c4OC(F)(F)O5)ccc3I)cnc2cc1OC. The van der Waals surface area contributed by atoms with Gasteiger partial charge in [-0.25, -0.2) is 0 Å². The number of methoxy groups -OCH3 is 2. The van der Waals surface area contributed by atoms with Crippen LogP contribution in [0.4, 0.5) is 20.2 Å². The summed E-state index contributed by atoms with van der Waals surface area (Å²) in [4.78, 5) is 30.3. The molecule has 9 nitrogen and oxygen atoms in total. The minimum Gasteiger partial charge on any atom is -0.493 e. The van der Waals surface area contributed by atoms with E-state index in [0.717, 1.165) is 5.39 Å². The average Bonchev–Trinajstić information content (AvgIpc) is 3.22. The number of halogens is 3. The molecule has 1 aliphatic rings. The molecule has 0 aliphatic carbocycles. The number of amides is 2. The fourth-order valence-corrected chi connectivity index (χ4v) is 4.43. The Morgan fingerprint density at radius 3 is 2.37 bits per heavy atom. The number of anilines is 2. The summed E-state index contributed by atoms with van der Waals surface area (Å²) in [5.74, 6) is -0.705. The Morgan fingerprint density at radius 2 is 1.61 bits per heavy atom. The molecular weight excluding hydrogens is 615 g/mol. The van der Waals surface area contributed by atoms with E-state index in [0.29, 0.717) is 26.3 Å². The van der Waals surface area contributed by atoms with Crippen LogP contribution in [0.2, 0.25) is 0 Å². The van der Waals surface area contributed by atoms with E-state index >= 15 is 0 Å². The van der Waals surface area contributed by atoms with Gasteiger partial charge in [-0.2, -0.15) is 0 Å². The van der Waals surface area contributed by atoms with Crippen molar-refractivity contribution >= 4 is 56.7 Å². The molecule has 1 aliphatic heterocycles. The van der Waals surface area contributed by atoms with E-state index in [9.17, 15) is 18.4 Å². The number of hydrogen-bond donors (Lipinski definition) is 2. The van der Waals surface area contributed by atoms with Crippen molar-refractivity contribution in [3.8, 4) is 23.0 Å². The van der Waals surface area contributed by atoms with Gasteiger partial charge in [-0.15, -0.1) is 8.78 Å². The summed E-state index contributed by atoms with van der Waals surface area (Å²) >= 11 is 2.00. The minimum absolute atomic E-state index is 0.140. The summed E-state index contributed by atoms with van der Waals surface area (Å²) in [6, 6.07) is 13.9. The second-order valence-corrected chi connectivity index (χ2v) is 9.19. The molecule has 0 atom stereocenters. The summed E-state index contributed by atoms with van der Waals surface area (Å²) in [7, 11) is 3.06. The monoisotopic (exact) mass is 633 g/mol. The number of rotatable bonds is 6. The number of pyridine rings is 1. The average molecular weight is 633 g/mol. The molecule has 0 radical (unpaired) electrons. The number of carbonyl (C=O) groups excluding carboxylic acids is 2. The van der Waals surface area contributed by atoms with Crippen LogP contribution >= 0.6 is 22.6 Å². The highest BCUT2D eigenvalue weighted by Gasteiger charge is 2.45. The van der Waals surface area contributed by atoms with Gasteiger partial charge in [0.15, 0.2) is 23.0 Å². The first-order chi connectivity index (χ1) is 18.2. The molecule has 12 heteroatoms. The van der Waals surface area contributed by atoms with Crippen molar-refractivity contribution < 1.29 is 37.3 Å². The lowest BCUT2D eigenvalue weighted by Crippen LogP contribution is -2.26. The Kier molecular flexibility index (Phi) is 6.65. The van der Waals surface area contributed by atoms with Gasteiger partial charge in [0.25, 0.3) is 11.8 Å². The highest BCUT2D eigenvalue weighted by Crippen LogP contribution is 2.43. The van der Waals surface area contributed by atoms with E-state index < -0.39 is 18.1 Å². The summed E-state index contributed by atoms with van der Waals surface area (Å²) in [5, 5.41) is 6.14. The second kappa shape index (κ2) is 9.93. The first-order valence-electron chi connectivity index (χ1n) is 11.0. The third kappa shape index (κ3) is 4.98. The molecule has 0 bridgehead atoms. The standard InChI is InChI=1S/C26H18F2IN3O6/c1-35-21-9-13-8-15(12-30-19(13)11-22(21)36-2)32-25(34)17-10-14(6-7-18(17)29)31-24(33)16-4-3-5-20-23(16)38-26(27,28)37-20/h3-12H,1-2H3,(H,31,33)(H,32,34). The highest BCUT2D eigenvalue weighted by molar-refractivity contribution is 14.1. The van der Waals surface area contributed by atoms with Crippen LogP contribution < -0.4 is 29.6 Å². The second-order valence-electron chi connectivity index (χ2n) is 8.03. The maximum Gasteiger partial charge on any atom is 0.586 e. The molecule has 0 saturated heterocycles. The number of nitrogens with zero attached hydrogens (tertiary/aromatic N) is 1. The zero-order valence-electron chi connectivity index (χ0n) is 19.8. The molecule has 38 heavy (non-hydrogen) atoms. The fourth-order valence-electron chi connectivity index (χ4n) is 3.85. The normalized spacial score (nSPS) is 13.2. The van der Waals surface area contributed by atoms with Crippen LogP contribution in [-0.4, -0.2) is 37.3 Å². The number of para-hydroxylation sites is 1. The lowest BCUT2D eigenvalue weighted by molar-refractivity contribution is -0.286. The van der Waals surface area contributed by atoms with Crippen molar-refractivity contribution in [3.63, 3.8) is 0 Å². The lowest BCUT2D eigenvalue weighted by atomic mass is 10.1. The maximum atomic E-state index is 13.5. The van der Waals surface area contributed by atoms with Gasteiger partial charge in [-0.3, -0.25) is 14.6 Å². The zero-order valence-corrected chi connectivity index (χ0v) is 22.0. The number of alkyl halides is 2. The molecule has 5 rings (SSSR count). The van der Waals surface area contributed by atoms with Crippen LogP contribution in [0.1, 0.15) is 20.7 Å². The molecule has 194 valence electrons. The van der Waals surface area contributed by atoms with Crippen LogP contribution in [0.15, 0.2) is 60.8 Å². The van der Waals surface area contributed by atoms with Gasteiger partial charge in [-0.1, -0.05) is 6.07 Å². The lowest BCUT2D eigenvalue weighted by Gasteiger charge is -2.12. The molecule has 1 aromatic heterocycles. The van der Waals surface area contributed by atoms with Gasteiger partial charge in [0.05, 0.1) is 42.7 Å². The van der Waals surface area contributed by atoms with Gasteiger partial charge >= 0.3 is 6.29 Å². The van der Waals surface area contributed by atoms with E-state index in [1.165, 1.54) is 44.7 Å². The van der Waals surface area contributed by atoms with Crippen LogP contribution in [0.25, 0.3) is 10.9 Å². The predicted octanol–water partition coefficient (Wildman–Crippen LogP) is 5.68. The smallest absolute Gasteiger partial charge is 0.493 e. The first-order valence-corrected chi connectivity index (χ1v) is 12.1. The summed E-state index contributed by atoms with van der Waals surface area (Å²) in [6.45, 7) is 0. The molecule has 0 spiro atoms. The highest BCUT2D eigenvalue weighted by atomic mass is 127. The zero-order chi connectivity index (χ0) is 27.0. The fraction of sp³-hybridized carbons (Fsp3) is 0.115. The van der Waals surface area contributed by atoms with Crippen LogP contribution in [0, 0.1) is 3.57 Å². The number of ether oxygens (including phenoxy) is 4. The largest absolute Gasteiger partial charge is 0.586 e. The summed E-state index contributed by atoms with van der Waals surface area (Å²) < 4.78 is 47.1. The Morgan fingerprint density at radius 1 is 0.895 bits per heavy atom. The van der Waals surface area contributed by atoms with Gasteiger partial charge in [0.1, 0.15) is 0 Å². The number of fused-ring (bicyclic) bond motifs is 2. The molecule has 2 heterocycles. The Labute approximate surface area is 228 Å². The van der Waals surface area contributed by atoms with Gasteiger partial charge in [0.2, 0.25) is 0 Å². The number of nitrogens with one attached hydrogen (secondary N) is 2. The van der Waals surface area contributed by atoms with E-state index in [1.54, 1.807) is 30.3 Å². The van der Waals surface area contributed by atoms with E-state index in [2.05, 4.69) is 25.1 Å². The Balaban J connectivity index is 1.36. The number of hydrogen-bond acceptors (Lipinski definition) is 7.